The predicted octanol–water partition coefficient (Wildman–Crippen LogP) is 6.78. The molecule has 1 aliphatic rings. The number of piperidine rings is 1. The van der Waals surface area contributed by atoms with Crippen molar-refractivity contribution in [3.05, 3.63) is 77.9 Å². The Hall–Kier alpha value is -4.08. The van der Waals surface area contributed by atoms with Gasteiger partial charge in [-0.05, 0) is 87.2 Å². The predicted molar refractivity (Wildman–Crippen MR) is 178 cm³/mol. The zero-order chi connectivity index (χ0) is 31.4. The summed E-state index contributed by atoms with van der Waals surface area (Å²) in [5, 5.41) is 8.69. The number of nitrogens with one attached hydrogen (secondary N) is 3. The zero-order valence-electron chi connectivity index (χ0n) is 26.4. The fraction of sp³-hybridized carbons (Fsp3) is 0.429. The van der Waals surface area contributed by atoms with Gasteiger partial charge in [-0.15, -0.1) is 0 Å². The van der Waals surface area contributed by atoms with Crippen molar-refractivity contribution < 1.29 is 23.8 Å². The van der Waals surface area contributed by atoms with Gasteiger partial charge >= 0.3 is 6.03 Å². The van der Waals surface area contributed by atoms with Gasteiger partial charge in [0.15, 0.2) is 11.5 Å². The smallest absolute Gasteiger partial charge is 0.323 e. The summed E-state index contributed by atoms with van der Waals surface area (Å²) in [6, 6.07) is 20.5. The van der Waals surface area contributed by atoms with Crippen LogP contribution >= 0.6 is 0 Å². The normalized spacial score (nSPS) is 12.8. The number of likely N-dealkylation sites (tertiary alicyclic amines) is 1. The van der Waals surface area contributed by atoms with Gasteiger partial charge in [-0.3, -0.25) is 4.90 Å². The molecule has 0 unspecified atom stereocenters. The maximum atomic E-state index is 11.9. The van der Waals surface area contributed by atoms with Gasteiger partial charge in [0.05, 0.1) is 6.61 Å². The second-order valence-corrected chi connectivity index (χ2v) is 10.7. The molecule has 0 aromatic heterocycles. The number of urea groups is 1. The molecular formula is C35H48N4O5. The lowest BCUT2D eigenvalue weighted by Gasteiger charge is -2.26. The maximum absolute atomic E-state index is 11.9. The van der Waals surface area contributed by atoms with Crippen LogP contribution in [0.15, 0.2) is 66.7 Å². The summed E-state index contributed by atoms with van der Waals surface area (Å²) in [5.41, 5.74) is 4.42. The van der Waals surface area contributed by atoms with E-state index >= 15 is 0 Å². The number of carbonyl (C=O) groups is 2. The fourth-order valence-corrected chi connectivity index (χ4v) is 4.71. The largest absolute Gasteiger partial charge is 0.490 e. The highest BCUT2D eigenvalue weighted by Crippen LogP contribution is 2.30. The molecule has 4 rings (SSSR count). The van der Waals surface area contributed by atoms with Crippen LogP contribution in [0.2, 0.25) is 0 Å². The van der Waals surface area contributed by atoms with Crippen molar-refractivity contribution in [3.8, 4) is 11.5 Å². The second kappa shape index (κ2) is 20.0. The number of carbonyl (C=O) groups excluding carboxylic acids is 2. The van der Waals surface area contributed by atoms with E-state index in [4.69, 9.17) is 14.2 Å². The van der Waals surface area contributed by atoms with Crippen molar-refractivity contribution in [1.82, 2.24) is 4.90 Å². The molecule has 1 aliphatic heterocycles. The van der Waals surface area contributed by atoms with Gasteiger partial charge in [0.25, 0.3) is 0 Å². The molecule has 3 aromatic rings. The molecule has 0 saturated carbocycles. The third kappa shape index (κ3) is 12.7. The first kappa shape index (κ1) is 34.4. The molecule has 0 spiro atoms. The Morgan fingerprint density at radius 3 is 2.25 bits per heavy atom. The first-order valence-corrected chi connectivity index (χ1v) is 15.5. The van der Waals surface area contributed by atoms with Gasteiger partial charge in [0.1, 0.15) is 12.9 Å². The van der Waals surface area contributed by atoms with Crippen molar-refractivity contribution in [2.45, 2.75) is 45.4 Å². The van der Waals surface area contributed by atoms with Gasteiger partial charge < -0.3 is 35.0 Å². The number of amides is 2. The van der Waals surface area contributed by atoms with Gasteiger partial charge in [-0.2, -0.15) is 0 Å². The lowest BCUT2D eigenvalue weighted by Crippen LogP contribution is -2.33. The first-order valence-electron chi connectivity index (χ1n) is 15.5. The summed E-state index contributed by atoms with van der Waals surface area (Å²) in [4.78, 5) is 24.7. The third-order valence-electron chi connectivity index (χ3n) is 7.27. The fourth-order valence-electron chi connectivity index (χ4n) is 4.71. The Labute approximate surface area is 262 Å². The van der Waals surface area contributed by atoms with Crippen LogP contribution in [0.4, 0.5) is 21.9 Å². The van der Waals surface area contributed by atoms with E-state index in [0.717, 1.165) is 66.3 Å². The number of rotatable bonds is 15. The van der Waals surface area contributed by atoms with Crippen LogP contribution in [0.1, 0.15) is 43.2 Å². The van der Waals surface area contributed by atoms with E-state index in [-0.39, 0.29) is 6.03 Å². The molecule has 0 radical (unpaired) electrons. The Bertz CT molecular complexity index is 1260. The number of ether oxygens (including phenoxy) is 3. The standard InChI is InChI=1S/C19H32N2O3.C16H16N2O2/c1-20-17-8-9-18(19(16-17)23-14-7-6-13-22-2)24-15-12-21-10-4-3-5-11-21;1-12-4-2-3-5-15(12)18-16(20)17-14-8-6-13(7-9-14)10-11-19/h8-9,16,20H,3-7,10-15H2,1-2H3;2-9,11H,10H2,1H3,(H2,17,18,20). The highest BCUT2D eigenvalue weighted by atomic mass is 16.5. The minimum atomic E-state index is -0.289. The van der Waals surface area contributed by atoms with Crippen LogP contribution in [-0.2, 0) is 16.0 Å². The Morgan fingerprint density at radius 1 is 0.841 bits per heavy atom. The second-order valence-electron chi connectivity index (χ2n) is 10.7. The number of nitrogens with zero attached hydrogens (tertiary/aromatic N) is 1. The molecule has 2 amide bonds. The lowest BCUT2D eigenvalue weighted by atomic mass is 10.1. The van der Waals surface area contributed by atoms with E-state index in [1.807, 2.05) is 68.6 Å². The number of unbranched alkanes of at least 4 members (excludes halogenated alkanes) is 1. The minimum absolute atomic E-state index is 0.289. The van der Waals surface area contributed by atoms with Crippen molar-refractivity contribution in [2.75, 3.05) is 69.6 Å². The molecule has 238 valence electrons. The third-order valence-corrected chi connectivity index (χ3v) is 7.27. The number of para-hydroxylation sites is 1. The number of methoxy groups -OCH3 is 1. The van der Waals surface area contributed by atoms with Crippen LogP contribution in [0.25, 0.3) is 0 Å². The molecule has 1 saturated heterocycles. The highest BCUT2D eigenvalue weighted by Gasteiger charge is 2.11. The summed E-state index contributed by atoms with van der Waals surface area (Å²) in [6.45, 7) is 7.48. The van der Waals surface area contributed by atoms with Crippen molar-refractivity contribution in [1.29, 1.82) is 0 Å². The van der Waals surface area contributed by atoms with Gasteiger partial charge in [-0.1, -0.05) is 36.8 Å². The average molecular weight is 605 g/mol. The van der Waals surface area contributed by atoms with E-state index in [1.54, 1.807) is 19.2 Å². The van der Waals surface area contributed by atoms with E-state index < -0.39 is 0 Å². The average Bonchev–Trinajstić information content (AvgIpc) is 3.04. The number of aryl methyl sites for hydroxylation is 1. The molecular weight excluding hydrogens is 556 g/mol. The van der Waals surface area contributed by atoms with E-state index in [0.29, 0.717) is 25.3 Å². The maximum Gasteiger partial charge on any atom is 0.323 e. The Balaban J connectivity index is 0.000000244. The van der Waals surface area contributed by atoms with Crippen molar-refractivity contribution in [3.63, 3.8) is 0 Å². The lowest BCUT2D eigenvalue weighted by molar-refractivity contribution is -0.107. The summed E-state index contributed by atoms with van der Waals surface area (Å²) in [5.74, 6) is 1.65. The van der Waals surface area contributed by atoms with Gasteiger partial charge in [-0.25, -0.2) is 4.79 Å². The van der Waals surface area contributed by atoms with Crippen LogP contribution in [-0.4, -0.2) is 70.8 Å². The van der Waals surface area contributed by atoms with E-state index in [1.165, 1.54) is 32.4 Å². The van der Waals surface area contributed by atoms with Crippen LogP contribution in [0, 0.1) is 6.92 Å². The van der Waals surface area contributed by atoms with Gasteiger partial charge in [0, 0.05) is 56.9 Å². The van der Waals surface area contributed by atoms with Crippen LogP contribution in [0.3, 0.4) is 0 Å². The molecule has 3 aromatic carbocycles. The summed E-state index contributed by atoms with van der Waals surface area (Å²) < 4.78 is 17.0. The Morgan fingerprint density at radius 2 is 1.55 bits per heavy atom. The SMILES string of the molecule is CNc1ccc(OCCN2CCCCC2)c(OCCCCOC)c1.Cc1ccccc1NC(=O)Nc1ccc(CC=O)cc1. The van der Waals surface area contributed by atoms with E-state index in [2.05, 4.69) is 20.9 Å². The molecule has 1 fully saturated rings. The molecule has 0 atom stereocenters. The van der Waals surface area contributed by atoms with E-state index in [9.17, 15) is 9.59 Å². The number of benzene rings is 3. The van der Waals surface area contributed by atoms with Crippen molar-refractivity contribution >= 4 is 29.4 Å². The minimum Gasteiger partial charge on any atom is -0.490 e. The monoisotopic (exact) mass is 604 g/mol. The highest BCUT2D eigenvalue weighted by molar-refractivity contribution is 6.00. The quantitative estimate of drug-likeness (QED) is 0.130. The molecule has 1 heterocycles. The van der Waals surface area contributed by atoms with Gasteiger partial charge in [0.2, 0.25) is 0 Å². The molecule has 0 bridgehead atoms. The topological polar surface area (TPSA) is 101 Å². The number of anilines is 3. The summed E-state index contributed by atoms with van der Waals surface area (Å²) >= 11 is 0. The molecule has 9 nitrogen and oxygen atoms in total. The Kier molecular flexibility index (Phi) is 15.6. The molecule has 44 heavy (non-hydrogen) atoms. The molecule has 9 heteroatoms. The number of hydrogen-bond donors (Lipinski definition) is 3. The van der Waals surface area contributed by atoms with Crippen LogP contribution < -0.4 is 25.4 Å². The molecule has 3 N–H and O–H groups in total. The first-order chi connectivity index (χ1) is 21.5. The van der Waals surface area contributed by atoms with Crippen molar-refractivity contribution in [2.24, 2.45) is 0 Å². The number of hydrogen-bond acceptors (Lipinski definition) is 7. The summed E-state index contributed by atoms with van der Waals surface area (Å²) in [6.07, 6.45) is 7.21. The number of aldehydes is 1. The summed E-state index contributed by atoms with van der Waals surface area (Å²) in [7, 11) is 3.64. The van der Waals surface area contributed by atoms with Crippen LogP contribution in [0.5, 0.6) is 11.5 Å². The zero-order valence-corrected chi connectivity index (χ0v) is 26.4. The molecule has 0 aliphatic carbocycles.